The maximum Gasteiger partial charge on any atom is 0.118 e. The Labute approximate surface area is 100 Å². The largest absolute Gasteiger partial charge is 0.508 e. The Hall–Kier alpha value is -2.16. The van der Waals surface area contributed by atoms with Crippen LogP contribution in [0.1, 0.15) is 11.1 Å². The summed E-state index contributed by atoms with van der Waals surface area (Å²) in [6.07, 6.45) is 0. The van der Waals surface area contributed by atoms with Gasteiger partial charge < -0.3 is 5.11 Å². The van der Waals surface area contributed by atoms with E-state index in [1.807, 2.05) is 50.2 Å². The summed E-state index contributed by atoms with van der Waals surface area (Å²) in [5, 5.41) is 17.9. The van der Waals surface area contributed by atoms with Crippen LogP contribution in [0.15, 0.2) is 52.7 Å². The Bertz CT molecular complexity index is 548. The average Bonchev–Trinajstić information content (AvgIpc) is 2.33. The third kappa shape index (κ3) is 2.69. The first kappa shape index (κ1) is 11.3. The van der Waals surface area contributed by atoms with Crippen molar-refractivity contribution in [2.45, 2.75) is 13.8 Å². The number of azo groups is 1. The van der Waals surface area contributed by atoms with E-state index in [9.17, 15) is 5.11 Å². The molecule has 0 heterocycles. The van der Waals surface area contributed by atoms with Gasteiger partial charge >= 0.3 is 0 Å². The number of aryl methyl sites for hydroxylation is 2. The van der Waals surface area contributed by atoms with Gasteiger partial charge in [0.1, 0.15) is 5.75 Å². The second kappa shape index (κ2) is 4.78. The van der Waals surface area contributed by atoms with E-state index in [1.165, 1.54) is 0 Å². The van der Waals surface area contributed by atoms with Crippen LogP contribution in [0.3, 0.4) is 0 Å². The van der Waals surface area contributed by atoms with Crippen molar-refractivity contribution in [3.05, 3.63) is 53.6 Å². The van der Waals surface area contributed by atoms with Crippen LogP contribution in [-0.4, -0.2) is 5.11 Å². The standard InChI is InChI=1S/C14H14N2O/c1-10-9-14(17)11(2)8-13(10)16-15-12-6-4-3-5-7-12/h3-9,17H,1-2H3. The zero-order chi connectivity index (χ0) is 12.3. The lowest BCUT2D eigenvalue weighted by Crippen LogP contribution is -1.78. The summed E-state index contributed by atoms with van der Waals surface area (Å²) in [4.78, 5) is 0. The molecule has 2 aromatic rings. The minimum Gasteiger partial charge on any atom is -0.508 e. The average molecular weight is 226 g/mol. The van der Waals surface area contributed by atoms with E-state index in [0.29, 0.717) is 5.75 Å². The molecule has 0 unspecified atom stereocenters. The Balaban J connectivity index is 2.31. The van der Waals surface area contributed by atoms with Gasteiger partial charge in [-0.05, 0) is 49.2 Å². The second-order valence-electron chi connectivity index (χ2n) is 3.96. The van der Waals surface area contributed by atoms with E-state index in [0.717, 1.165) is 22.5 Å². The highest BCUT2D eigenvalue weighted by Crippen LogP contribution is 2.28. The van der Waals surface area contributed by atoms with Crippen molar-refractivity contribution in [3.8, 4) is 5.75 Å². The molecule has 0 bridgehead atoms. The molecule has 0 aliphatic heterocycles. The van der Waals surface area contributed by atoms with Crippen LogP contribution in [0, 0.1) is 13.8 Å². The summed E-state index contributed by atoms with van der Waals surface area (Å²) < 4.78 is 0. The monoisotopic (exact) mass is 226 g/mol. The number of aromatic hydroxyl groups is 1. The summed E-state index contributed by atoms with van der Waals surface area (Å²) in [6.45, 7) is 3.74. The molecule has 0 aromatic heterocycles. The maximum atomic E-state index is 9.54. The molecule has 86 valence electrons. The fourth-order valence-electron chi connectivity index (χ4n) is 1.50. The predicted octanol–water partition coefficient (Wildman–Crippen LogP) is 4.42. The third-order valence-electron chi connectivity index (χ3n) is 2.54. The molecule has 0 atom stereocenters. The van der Waals surface area contributed by atoms with Crippen LogP contribution in [-0.2, 0) is 0 Å². The molecule has 2 rings (SSSR count). The molecule has 0 spiro atoms. The van der Waals surface area contributed by atoms with Crippen molar-refractivity contribution in [1.29, 1.82) is 0 Å². The van der Waals surface area contributed by atoms with Crippen molar-refractivity contribution in [1.82, 2.24) is 0 Å². The summed E-state index contributed by atoms with van der Waals surface area (Å²) >= 11 is 0. The molecule has 0 radical (unpaired) electrons. The van der Waals surface area contributed by atoms with Crippen molar-refractivity contribution in [3.63, 3.8) is 0 Å². The number of phenolic OH excluding ortho intramolecular Hbond substituents is 1. The molecule has 0 saturated carbocycles. The van der Waals surface area contributed by atoms with Gasteiger partial charge in [-0.25, -0.2) is 0 Å². The van der Waals surface area contributed by atoms with Crippen molar-refractivity contribution in [2.75, 3.05) is 0 Å². The number of nitrogens with zero attached hydrogens (tertiary/aromatic N) is 2. The first-order valence-electron chi connectivity index (χ1n) is 5.44. The van der Waals surface area contributed by atoms with Crippen LogP contribution < -0.4 is 0 Å². The summed E-state index contributed by atoms with van der Waals surface area (Å²) in [5.41, 5.74) is 3.31. The first-order chi connectivity index (χ1) is 8.16. The summed E-state index contributed by atoms with van der Waals surface area (Å²) in [5.74, 6) is 0.293. The van der Waals surface area contributed by atoms with Crippen LogP contribution in [0.2, 0.25) is 0 Å². The zero-order valence-electron chi connectivity index (χ0n) is 9.88. The third-order valence-corrected chi connectivity index (χ3v) is 2.54. The van der Waals surface area contributed by atoms with Gasteiger partial charge in [-0.3, -0.25) is 0 Å². The number of hydrogen-bond donors (Lipinski definition) is 1. The highest BCUT2D eigenvalue weighted by molar-refractivity contribution is 5.52. The minimum absolute atomic E-state index is 0.293. The van der Waals surface area contributed by atoms with Crippen LogP contribution in [0.4, 0.5) is 11.4 Å². The fraction of sp³-hybridized carbons (Fsp3) is 0.143. The topological polar surface area (TPSA) is 45.0 Å². The SMILES string of the molecule is Cc1cc(N=Nc2ccccc2)c(C)cc1O. The molecule has 0 fully saturated rings. The Morgan fingerprint density at radius 3 is 2.29 bits per heavy atom. The number of benzene rings is 2. The number of rotatable bonds is 2. The first-order valence-corrected chi connectivity index (χ1v) is 5.44. The van der Waals surface area contributed by atoms with Gasteiger partial charge in [0.25, 0.3) is 0 Å². The van der Waals surface area contributed by atoms with Gasteiger partial charge in [0.05, 0.1) is 11.4 Å². The molecule has 2 aromatic carbocycles. The lowest BCUT2D eigenvalue weighted by Gasteiger charge is -2.03. The van der Waals surface area contributed by atoms with E-state index < -0.39 is 0 Å². The van der Waals surface area contributed by atoms with Gasteiger partial charge in [-0.2, -0.15) is 10.2 Å². The Morgan fingerprint density at radius 2 is 1.59 bits per heavy atom. The van der Waals surface area contributed by atoms with Gasteiger partial charge in [0.2, 0.25) is 0 Å². The smallest absolute Gasteiger partial charge is 0.118 e. The summed E-state index contributed by atoms with van der Waals surface area (Å²) in [6, 6.07) is 13.1. The molecular formula is C14H14N2O. The maximum absolute atomic E-state index is 9.54. The highest BCUT2D eigenvalue weighted by atomic mass is 16.3. The predicted molar refractivity (Wildman–Crippen MR) is 68.2 cm³/mol. The van der Waals surface area contributed by atoms with Crippen molar-refractivity contribution in [2.24, 2.45) is 10.2 Å². The summed E-state index contributed by atoms with van der Waals surface area (Å²) in [7, 11) is 0. The Kier molecular flexibility index (Phi) is 3.19. The molecule has 1 N–H and O–H groups in total. The molecular weight excluding hydrogens is 212 g/mol. The molecule has 17 heavy (non-hydrogen) atoms. The molecule has 0 amide bonds. The van der Waals surface area contributed by atoms with E-state index >= 15 is 0 Å². The highest BCUT2D eigenvalue weighted by Gasteiger charge is 2.02. The Morgan fingerprint density at radius 1 is 0.882 bits per heavy atom. The molecule has 0 aliphatic carbocycles. The second-order valence-corrected chi connectivity index (χ2v) is 3.96. The van der Waals surface area contributed by atoms with E-state index in [1.54, 1.807) is 6.07 Å². The molecule has 0 aliphatic rings. The number of phenols is 1. The minimum atomic E-state index is 0.293. The van der Waals surface area contributed by atoms with E-state index in [4.69, 9.17) is 0 Å². The molecule has 3 nitrogen and oxygen atoms in total. The lowest BCUT2D eigenvalue weighted by atomic mass is 10.1. The van der Waals surface area contributed by atoms with Crippen LogP contribution >= 0.6 is 0 Å². The van der Waals surface area contributed by atoms with Gasteiger partial charge in [-0.1, -0.05) is 18.2 Å². The zero-order valence-corrected chi connectivity index (χ0v) is 9.88. The molecule has 3 heteroatoms. The lowest BCUT2D eigenvalue weighted by molar-refractivity contribution is 0.470. The quantitative estimate of drug-likeness (QED) is 0.756. The van der Waals surface area contributed by atoms with Crippen LogP contribution in [0.5, 0.6) is 5.75 Å². The normalized spacial score (nSPS) is 10.9. The van der Waals surface area contributed by atoms with Crippen molar-refractivity contribution < 1.29 is 5.11 Å². The van der Waals surface area contributed by atoms with E-state index in [-0.39, 0.29) is 0 Å². The van der Waals surface area contributed by atoms with E-state index in [2.05, 4.69) is 10.2 Å². The van der Waals surface area contributed by atoms with Gasteiger partial charge in [0.15, 0.2) is 0 Å². The number of hydrogen-bond acceptors (Lipinski definition) is 3. The van der Waals surface area contributed by atoms with Crippen LogP contribution in [0.25, 0.3) is 0 Å². The van der Waals surface area contributed by atoms with Gasteiger partial charge in [0, 0.05) is 0 Å². The van der Waals surface area contributed by atoms with Gasteiger partial charge in [-0.15, -0.1) is 0 Å². The fourth-order valence-corrected chi connectivity index (χ4v) is 1.50. The molecule has 0 saturated heterocycles. The van der Waals surface area contributed by atoms with Crippen molar-refractivity contribution >= 4 is 11.4 Å².